The molecule has 1 heterocycles. The predicted molar refractivity (Wildman–Crippen MR) is 95.6 cm³/mol. The second-order valence-corrected chi connectivity index (χ2v) is 7.15. The monoisotopic (exact) mass is 407 g/mol. The molecule has 0 saturated heterocycles. The summed E-state index contributed by atoms with van der Waals surface area (Å²) in [6.45, 7) is 1.99. The number of nitro groups is 1. The minimum Gasteiger partial charge on any atom is -0.445 e. The van der Waals surface area contributed by atoms with Gasteiger partial charge in [-0.2, -0.15) is 0 Å². The molecule has 1 amide bonds. The molecule has 0 fully saturated rings. The maximum atomic E-state index is 11.5. The van der Waals surface area contributed by atoms with E-state index in [-0.39, 0.29) is 25.6 Å². The first-order valence-corrected chi connectivity index (χ1v) is 9.74. The molecule has 0 aromatic rings. The van der Waals surface area contributed by atoms with E-state index in [0.29, 0.717) is 23.9 Å². The van der Waals surface area contributed by atoms with Crippen molar-refractivity contribution < 1.29 is 24.4 Å². The number of carbonyl (C=O) groups excluding carboxylic acids is 1. The summed E-state index contributed by atoms with van der Waals surface area (Å²) in [5.74, 6) is 1.19. The van der Waals surface area contributed by atoms with Crippen LogP contribution in [0.5, 0.6) is 0 Å². The van der Waals surface area contributed by atoms with E-state index in [2.05, 4.69) is 20.9 Å². The highest BCUT2D eigenvalue weighted by Crippen LogP contribution is 2.19. The molecule has 26 heavy (non-hydrogen) atoms. The van der Waals surface area contributed by atoms with Crippen molar-refractivity contribution in [3.63, 3.8) is 0 Å². The van der Waals surface area contributed by atoms with Crippen molar-refractivity contribution in [1.82, 2.24) is 10.2 Å². The molecule has 0 saturated carbocycles. The molecule has 1 N–H and O–H groups in total. The first kappa shape index (κ1) is 21.6. The summed E-state index contributed by atoms with van der Waals surface area (Å²) in [6, 6.07) is 0. The van der Waals surface area contributed by atoms with Gasteiger partial charge in [0.25, 0.3) is 5.09 Å². The summed E-state index contributed by atoms with van der Waals surface area (Å²) in [6.07, 6.45) is 0.581. The molecule has 0 spiro atoms. The molecular formula is C12H17N5O7S2. The summed E-state index contributed by atoms with van der Waals surface area (Å²) in [4.78, 5) is 41.2. The van der Waals surface area contributed by atoms with Crippen molar-refractivity contribution >= 4 is 33.5 Å². The van der Waals surface area contributed by atoms with Crippen LogP contribution >= 0.6 is 21.6 Å². The maximum Gasteiger partial charge on any atom is 0.407 e. The lowest BCUT2D eigenvalue weighted by atomic mass is 10.4. The third kappa shape index (κ3) is 8.60. The Kier molecular flexibility index (Phi) is 9.97. The first-order valence-electron chi connectivity index (χ1n) is 7.25. The Morgan fingerprint density at radius 3 is 2.77 bits per heavy atom. The molecule has 0 unspecified atom stereocenters. The van der Waals surface area contributed by atoms with Gasteiger partial charge in [-0.1, -0.05) is 21.6 Å². The SMILES string of the molecule is CC1=NC=C=C([N+](=O)[O-])N1CCOC(=O)NCCSSCCO[N+](=O)[O-]. The molecule has 12 nitrogen and oxygen atoms in total. The van der Waals surface area contributed by atoms with E-state index in [1.807, 2.05) is 0 Å². The number of amides is 1. The van der Waals surface area contributed by atoms with Gasteiger partial charge in [0, 0.05) is 25.0 Å². The number of carbonyl (C=O) groups is 1. The minimum atomic E-state index is -0.847. The number of amidine groups is 1. The smallest absolute Gasteiger partial charge is 0.407 e. The minimum absolute atomic E-state index is 0.00906. The number of hydrogen-bond acceptors (Lipinski definition) is 11. The number of nitrogens with one attached hydrogen (secondary N) is 1. The van der Waals surface area contributed by atoms with Crippen LogP contribution in [0.4, 0.5) is 4.79 Å². The molecular weight excluding hydrogens is 390 g/mol. The van der Waals surface area contributed by atoms with Crippen LogP contribution in [0.25, 0.3) is 0 Å². The fourth-order valence-corrected chi connectivity index (χ4v) is 3.37. The standard InChI is InChI=1S/C12H17N5O7S2/c1-10-13-3-2-11(16(19)20)15(10)5-6-23-12(18)14-4-8-25-26-9-7-24-17(21)22/h3H,4-9H2,1H3,(H,14,18). The molecule has 1 aliphatic rings. The normalized spacial score (nSPS) is 12.9. The van der Waals surface area contributed by atoms with Crippen LogP contribution in [0.15, 0.2) is 22.7 Å². The number of ether oxygens (including phenoxy) is 1. The van der Waals surface area contributed by atoms with Gasteiger partial charge in [0.1, 0.15) is 19.8 Å². The highest BCUT2D eigenvalue weighted by atomic mass is 33.1. The van der Waals surface area contributed by atoms with Crippen LogP contribution in [0.2, 0.25) is 0 Å². The Labute approximate surface area is 156 Å². The summed E-state index contributed by atoms with van der Waals surface area (Å²) in [7, 11) is 2.81. The van der Waals surface area contributed by atoms with Crippen molar-refractivity contribution in [2.45, 2.75) is 6.92 Å². The Morgan fingerprint density at radius 2 is 2.08 bits per heavy atom. The Balaban J connectivity index is 2.12. The average Bonchev–Trinajstić information content (AvgIpc) is 2.58. The van der Waals surface area contributed by atoms with Crippen LogP contribution in [-0.4, -0.2) is 64.6 Å². The molecule has 0 aromatic heterocycles. The highest BCUT2D eigenvalue weighted by molar-refractivity contribution is 8.76. The largest absolute Gasteiger partial charge is 0.445 e. The molecule has 14 heteroatoms. The van der Waals surface area contributed by atoms with E-state index in [0.717, 1.165) is 0 Å². The van der Waals surface area contributed by atoms with Gasteiger partial charge >= 0.3 is 11.9 Å². The molecule has 1 rings (SSSR count). The number of hydrogen-bond donors (Lipinski definition) is 1. The summed E-state index contributed by atoms with van der Waals surface area (Å²) >= 11 is 0. The van der Waals surface area contributed by atoms with E-state index in [9.17, 15) is 25.0 Å². The van der Waals surface area contributed by atoms with Crippen LogP contribution in [-0.2, 0) is 9.57 Å². The zero-order valence-electron chi connectivity index (χ0n) is 13.8. The van der Waals surface area contributed by atoms with Gasteiger partial charge in [0.15, 0.2) is 5.84 Å². The lowest BCUT2D eigenvalue weighted by Crippen LogP contribution is -2.36. The van der Waals surface area contributed by atoms with Crippen molar-refractivity contribution in [1.29, 1.82) is 0 Å². The topological polar surface area (TPSA) is 149 Å². The fourth-order valence-electron chi connectivity index (χ4n) is 1.64. The third-order valence-corrected chi connectivity index (χ3v) is 5.08. The zero-order valence-corrected chi connectivity index (χ0v) is 15.4. The summed E-state index contributed by atoms with van der Waals surface area (Å²) in [5.41, 5.74) is 2.43. The molecule has 144 valence electrons. The molecule has 0 atom stereocenters. The van der Waals surface area contributed by atoms with Crippen LogP contribution < -0.4 is 5.32 Å². The summed E-state index contributed by atoms with van der Waals surface area (Å²) in [5, 5.41) is 22.5. The highest BCUT2D eigenvalue weighted by Gasteiger charge is 2.26. The Bertz CT molecular complexity index is 621. The Morgan fingerprint density at radius 1 is 1.35 bits per heavy atom. The van der Waals surface area contributed by atoms with Gasteiger partial charge in [-0.3, -0.25) is 0 Å². The van der Waals surface area contributed by atoms with Crippen molar-refractivity contribution in [3.05, 3.63) is 38.0 Å². The number of alkyl carbamates (subject to hydrolysis) is 1. The zero-order chi connectivity index (χ0) is 19.4. The molecule has 0 bridgehead atoms. The molecule has 0 radical (unpaired) electrons. The third-order valence-electron chi connectivity index (χ3n) is 2.71. The lowest BCUT2D eigenvalue weighted by molar-refractivity contribution is -0.756. The van der Waals surface area contributed by atoms with E-state index in [1.165, 1.54) is 32.7 Å². The van der Waals surface area contributed by atoms with Gasteiger partial charge < -0.3 is 25.0 Å². The number of nitrogens with zero attached hydrogens (tertiary/aromatic N) is 4. The second-order valence-electron chi connectivity index (χ2n) is 4.45. The number of aliphatic imine (C=N–C) groups is 1. The quantitative estimate of drug-likeness (QED) is 0.165. The first-order chi connectivity index (χ1) is 12.4. The maximum absolute atomic E-state index is 11.5. The van der Waals surface area contributed by atoms with E-state index in [1.54, 1.807) is 6.92 Å². The fraction of sp³-hybridized carbons (Fsp3) is 0.583. The number of rotatable bonds is 12. The lowest BCUT2D eigenvalue weighted by Gasteiger charge is -2.17. The molecule has 0 aliphatic carbocycles. The van der Waals surface area contributed by atoms with Gasteiger partial charge in [0.05, 0.1) is 6.20 Å². The Hall–Kier alpha value is -2.44. The summed E-state index contributed by atoms with van der Waals surface area (Å²) < 4.78 is 4.96. The van der Waals surface area contributed by atoms with E-state index in [4.69, 9.17) is 4.74 Å². The van der Waals surface area contributed by atoms with Gasteiger partial charge in [0.2, 0.25) is 0 Å². The van der Waals surface area contributed by atoms with Gasteiger partial charge in [-0.25, -0.2) is 14.7 Å². The van der Waals surface area contributed by atoms with Gasteiger partial charge in [-0.15, -0.1) is 10.1 Å². The van der Waals surface area contributed by atoms with Crippen LogP contribution in [0.3, 0.4) is 0 Å². The molecule has 0 aromatic carbocycles. The second kappa shape index (κ2) is 12.0. The van der Waals surface area contributed by atoms with Crippen LogP contribution in [0, 0.1) is 20.2 Å². The predicted octanol–water partition coefficient (Wildman–Crippen LogP) is 1.27. The van der Waals surface area contributed by atoms with Crippen molar-refractivity contribution in [2.75, 3.05) is 37.8 Å². The van der Waals surface area contributed by atoms with E-state index >= 15 is 0 Å². The van der Waals surface area contributed by atoms with Crippen LogP contribution in [0.1, 0.15) is 6.92 Å². The van der Waals surface area contributed by atoms with Gasteiger partial charge in [-0.05, 0) is 10.7 Å². The molecule has 1 aliphatic heterocycles. The van der Waals surface area contributed by atoms with E-state index < -0.39 is 16.1 Å². The van der Waals surface area contributed by atoms with Crippen molar-refractivity contribution in [2.24, 2.45) is 4.99 Å². The van der Waals surface area contributed by atoms with Crippen molar-refractivity contribution in [3.8, 4) is 0 Å². The average molecular weight is 407 g/mol.